The van der Waals surface area contributed by atoms with Gasteiger partial charge in [-0.3, -0.25) is 4.79 Å². The largest absolute Gasteiger partial charge is 0.496 e. The van der Waals surface area contributed by atoms with Crippen molar-refractivity contribution in [3.05, 3.63) is 35.9 Å². The van der Waals surface area contributed by atoms with Crippen LogP contribution in [0.1, 0.15) is 15.9 Å². The van der Waals surface area contributed by atoms with Crippen LogP contribution in [0.2, 0.25) is 0 Å². The van der Waals surface area contributed by atoms with Crippen LogP contribution in [0.25, 0.3) is 5.57 Å². The van der Waals surface area contributed by atoms with E-state index in [1.54, 1.807) is 0 Å². The van der Waals surface area contributed by atoms with Gasteiger partial charge in [0.25, 0.3) is 5.91 Å². The lowest BCUT2D eigenvalue weighted by Crippen LogP contribution is -2.19. The number of amides is 1. The molecule has 0 spiro atoms. The van der Waals surface area contributed by atoms with Crippen molar-refractivity contribution >= 4 is 11.5 Å². The van der Waals surface area contributed by atoms with Gasteiger partial charge in [0.05, 0.1) is 18.2 Å². The van der Waals surface area contributed by atoms with Crippen molar-refractivity contribution in [3.8, 4) is 5.75 Å². The molecule has 0 heterocycles. The number of allylic oxidation sites excluding steroid dienone is 1. The molecule has 0 saturated carbocycles. The second-order valence-electron chi connectivity index (χ2n) is 3.47. The lowest BCUT2D eigenvalue weighted by atomic mass is 10.0. The predicted octanol–water partition coefficient (Wildman–Crippen LogP) is 2.63. The summed E-state index contributed by atoms with van der Waals surface area (Å²) in [6.07, 6.45) is -4.51. The summed E-state index contributed by atoms with van der Waals surface area (Å²) in [6.45, 7) is 2.99. The molecule has 0 aliphatic carbocycles. The van der Waals surface area contributed by atoms with Gasteiger partial charge in [0.2, 0.25) is 0 Å². The van der Waals surface area contributed by atoms with Crippen molar-refractivity contribution in [2.24, 2.45) is 0 Å². The van der Waals surface area contributed by atoms with Crippen molar-refractivity contribution in [2.45, 2.75) is 6.18 Å². The lowest BCUT2D eigenvalue weighted by molar-refractivity contribution is -0.0686. The number of halogens is 3. The number of nitrogens with one attached hydrogen (secondary N) is 1. The Balaban J connectivity index is 3.22. The highest BCUT2D eigenvalue weighted by molar-refractivity contribution is 5.97. The number of ether oxygens (including phenoxy) is 1. The molecule has 3 nitrogen and oxygen atoms in total. The van der Waals surface area contributed by atoms with E-state index in [-0.39, 0.29) is 16.9 Å². The van der Waals surface area contributed by atoms with Crippen LogP contribution < -0.4 is 10.1 Å². The van der Waals surface area contributed by atoms with Gasteiger partial charge in [0, 0.05) is 7.05 Å². The average molecular weight is 259 g/mol. The molecule has 0 fully saturated rings. The molecule has 1 amide bonds. The zero-order valence-electron chi connectivity index (χ0n) is 9.89. The Morgan fingerprint density at radius 1 is 1.39 bits per heavy atom. The van der Waals surface area contributed by atoms with E-state index in [2.05, 4.69) is 11.9 Å². The summed E-state index contributed by atoms with van der Waals surface area (Å²) in [4.78, 5) is 11.4. The first-order valence-electron chi connectivity index (χ1n) is 4.98. The molecular weight excluding hydrogens is 247 g/mol. The maximum absolute atomic E-state index is 12.5. The van der Waals surface area contributed by atoms with Crippen LogP contribution in [0, 0.1) is 0 Å². The maximum atomic E-state index is 12.5. The molecule has 1 rings (SSSR count). The fourth-order valence-electron chi connectivity index (χ4n) is 1.36. The van der Waals surface area contributed by atoms with Gasteiger partial charge in [0.15, 0.2) is 0 Å². The molecule has 98 valence electrons. The third kappa shape index (κ3) is 2.82. The van der Waals surface area contributed by atoms with Crippen LogP contribution in [0.15, 0.2) is 24.8 Å². The minimum atomic E-state index is -4.51. The summed E-state index contributed by atoms with van der Waals surface area (Å²) in [5, 5.41) is 2.37. The summed E-state index contributed by atoms with van der Waals surface area (Å²) in [5.41, 5.74) is -0.949. The highest BCUT2D eigenvalue weighted by Crippen LogP contribution is 2.34. The van der Waals surface area contributed by atoms with Gasteiger partial charge in [-0.05, 0) is 17.7 Å². The summed E-state index contributed by atoms with van der Waals surface area (Å²) in [7, 11) is 2.70. The van der Waals surface area contributed by atoms with Crippen molar-refractivity contribution in [3.63, 3.8) is 0 Å². The Morgan fingerprint density at radius 2 is 2.00 bits per heavy atom. The number of carbonyl (C=O) groups excluding carboxylic acids is 1. The van der Waals surface area contributed by atoms with E-state index in [1.807, 2.05) is 0 Å². The zero-order valence-corrected chi connectivity index (χ0v) is 9.89. The summed E-state index contributed by atoms with van der Waals surface area (Å²) < 4.78 is 42.3. The highest BCUT2D eigenvalue weighted by atomic mass is 19.4. The Morgan fingerprint density at radius 3 is 2.44 bits per heavy atom. The van der Waals surface area contributed by atoms with Crippen LogP contribution >= 0.6 is 0 Å². The summed E-state index contributed by atoms with van der Waals surface area (Å²) >= 11 is 0. The second-order valence-corrected chi connectivity index (χ2v) is 3.47. The van der Waals surface area contributed by atoms with E-state index < -0.39 is 17.7 Å². The zero-order chi connectivity index (χ0) is 13.9. The van der Waals surface area contributed by atoms with Gasteiger partial charge in [0.1, 0.15) is 5.75 Å². The third-order valence-corrected chi connectivity index (χ3v) is 2.36. The minimum Gasteiger partial charge on any atom is -0.496 e. The quantitative estimate of drug-likeness (QED) is 0.906. The molecule has 0 radical (unpaired) electrons. The van der Waals surface area contributed by atoms with Crippen LogP contribution in [0.4, 0.5) is 13.2 Å². The number of methoxy groups -OCH3 is 1. The topological polar surface area (TPSA) is 38.3 Å². The predicted molar refractivity (Wildman–Crippen MR) is 61.5 cm³/mol. The van der Waals surface area contributed by atoms with Crippen LogP contribution in [-0.4, -0.2) is 26.2 Å². The number of carbonyl (C=O) groups is 1. The second kappa shape index (κ2) is 5.12. The van der Waals surface area contributed by atoms with E-state index in [0.717, 1.165) is 6.07 Å². The Bertz CT molecular complexity index is 481. The SMILES string of the molecule is C=C(c1ccc(C(=O)NC)c(OC)c1)C(F)(F)F. The first-order valence-corrected chi connectivity index (χ1v) is 4.98. The van der Waals surface area contributed by atoms with E-state index in [4.69, 9.17) is 4.74 Å². The molecular formula is C12H12F3NO2. The number of rotatable bonds is 3. The molecule has 0 unspecified atom stereocenters. The van der Waals surface area contributed by atoms with Gasteiger partial charge in [-0.15, -0.1) is 0 Å². The third-order valence-electron chi connectivity index (χ3n) is 2.36. The Kier molecular flexibility index (Phi) is 4.00. The Labute approximate surface area is 102 Å². The van der Waals surface area contributed by atoms with Crippen LogP contribution in [0.5, 0.6) is 5.75 Å². The molecule has 0 atom stereocenters. The van der Waals surface area contributed by atoms with Gasteiger partial charge >= 0.3 is 6.18 Å². The molecule has 1 N–H and O–H groups in total. The van der Waals surface area contributed by atoms with Crippen LogP contribution in [0.3, 0.4) is 0 Å². The lowest BCUT2D eigenvalue weighted by Gasteiger charge is -2.13. The molecule has 18 heavy (non-hydrogen) atoms. The van der Waals surface area contributed by atoms with E-state index in [1.165, 1.54) is 26.3 Å². The summed E-state index contributed by atoms with van der Waals surface area (Å²) in [6, 6.07) is 3.59. The van der Waals surface area contributed by atoms with E-state index >= 15 is 0 Å². The van der Waals surface area contributed by atoms with Crippen molar-refractivity contribution in [2.75, 3.05) is 14.2 Å². The smallest absolute Gasteiger partial charge is 0.416 e. The van der Waals surface area contributed by atoms with Gasteiger partial charge in [-0.2, -0.15) is 13.2 Å². The molecule has 0 bridgehead atoms. The minimum absolute atomic E-state index is 0.0669. The molecule has 0 aliphatic rings. The fraction of sp³-hybridized carbons (Fsp3) is 0.250. The van der Waals surface area contributed by atoms with E-state index in [9.17, 15) is 18.0 Å². The first kappa shape index (κ1) is 14.1. The number of benzene rings is 1. The van der Waals surface area contributed by atoms with Crippen molar-refractivity contribution < 1.29 is 22.7 Å². The highest BCUT2D eigenvalue weighted by Gasteiger charge is 2.33. The van der Waals surface area contributed by atoms with Crippen molar-refractivity contribution in [1.29, 1.82) is 0 Å². The van der Waals surface area contributed by atoms with E-state index in [0.29, 0.717) is 0 Å². The molecule has 0 aromatic heterocycles. The molecule has 0 saturated heterocycles. The number of hydrogen-bond acceptors (Lipinski definition) is 2. The summed E-state index contributed by atoms with van der Waals surface area (Å²) in [5.74, 6) is -0.367. The van der Waals surface area contributed by atoms with Crippen LogP contribution in [-0.2, 0) is 0 Å². The average Bonchev–Trinajstić information content (AvgIpc) is 2.35. The molecule has 1 aromatic rings. The normalized spacial score (nSPS) is 10.9. The standard InChI is InChI=1S/C12H12F3NO2/c1-7(12(13,14)15)8-4-5-9(11(17)16-2)10(6-8)18-3/h4-6H,1H2,2-3H3,(H,16,17). The maximum Gasteiger partial charge on any atom is 0.416 e. The monoisotopic (exact) mass is 259 g/mol. The molecule has 1 aromatic carbocycles. The first-order chi connectivity index (χ1) is 8.31. The van der Waals surface area contributed by atoms with Gasteiger partial charge in [-0.25, -0.2) is 0 Å². The fourth-order valence-corrected chi connectivity index (χ4v) is 1.36. The van der Waals surface area contributed by atoms with Gasteiger partial charge in [-0.1, -0.05) is 12.6 Å². The Hall–Kier alpha value is -1.98. The molecule has 0 aliphatic heterocycles. The number of alkyl halides is 3. The number of hydrogen-bond donors (Lipinski definition) is 1. The molecule has 6 heteroatoms. The van der Waals surface area contributed by atoms with Crippen molar-refractivity contribution in [1.82, 2.24) is 5.32 Å². The van der Waals surface area contributed by atoms with Gasteiger partial charge < -0.3 is 10.1 Å².